The maximum Gasteiger partial charge on any atom is 0.151 e. The highest BCUT2D eigenvalue weighted by Crippen LogP contribution is 2.30. The molecule has 0 radical (unpaired) electrons. The zero-order chi connectivity index (χ0) is 9.84. The Morgan fingerprint density at radius 1 is 1.85 bits per heavy atom. The maximum atomic E-state index is 7.21. The molecular formula is C8H14N4S. The molecule has 0 aromatic carbocycles. The normalized spacial score (nSPS) is 12.8. The van der Waals surface area contributed by atoms with Crippen molar-refractivity contribution in [3.63, 3.8) is 0 Å². The molecule has 0 aliphatic heterocycles. The van der Waals surface area contributed by atoms with Crippen molar-refractivity contribution in [1.82, 2.24) is 9.78 Å². The zero-order valence-corrected chi connectivity index (χ0v) is 8.64. The van der Waals surface area contributed by atoms with Gasteiger partial charge in [0.2, 0.25) is 0 Å². The third kappa shape index (κ3) is 2.48. The van der Waals surface area contributed by atoms with E-state index in [1.165, 1.54) is 11.8 Å². The molecule has 0 saturated heterocycles. The summed E-state index contributed by atoms with van der Waals surface area (Å²) in [4.78, 5) is 0. The molecule has 0 bridgehead atoms. The van der Waals surface area contributed by atoms with Crippen LogP contribution in [-0.4, -0.2) is 14.9 Å². The lowest BCUT2D eigenvalue weighted by Crippen LogP contribution is -2.10. The van der Waals surface area contributed by atoms with Crippen molar-refractivity contribution >= 4 is 16.9 Å². The fraction of sp³-hybridized carbons (Fsp3) is 0.500. The van der Waals surface area contributed by atoms with Gasteiger partial charge in [-0.25, -0.2) is 0 Å². The summed E-state index contributed by atoms with van der Waals surface area (Å²) >= 11 is 1.37. The van der Waals surface area contributed by atoms with Gasteiger partial charge in [-0.1, -0.05) is 18.7 Å². The van der Waals surface area contributed by atoms with E-state index in [9.17, 15) is 0 Å². The fourth-order valence-electron chi connectivity index (χ4n) is 1.21. The smallest absolute Gasteiger partial charge is 0.151 e. The van der Waals surface area contributed by atoms with E-state index >= 15 is 0 Å². The predicted molar refractivity (Wildman–Crippen MR) is 55.7 cm³/mol. The summed E-state index contributed by atoms with van der Waals surface area (Å²) < 4.78 is 1.82. The van der Waals surface area contributed by atoms with Gasteiger partial charge in [-0.3, -0.25) is 10.1 Å². The van der Waals surface area contributed by atoms with E-state index in [1.807, 2.05) is 17.8 Å². The Balaban J connectivity index is 2.78. The number of hydrogen-bond acceptors (Lipinski definition) is 3. The van der Waals surface area contributed by atoms with E-state index in [1.54, 1.807) is 6.20 Å². The van der Waals surface area contributed by atoms with Gasteiger partial charge in [-0.05, 0) is 12.5 Å². The first-order chi connectivity index (χ1) is 6.15. The van der Waals surface area contributed by atoms with Crippen LogP contribution in [-0.2, 0) is 7.05 Å². The van der Waals surface area contributed by atoms with Crippen molar-refractivity contribution in [3.8, 4) is 0 Å². The van der Waals surface area contributed by atoms with Gasteiger partial charge in [0.1, 0.15) is 0 Å². The number of hydrogen-bond donors (Lipinski definition) is 2. The highest BCUT2D eigenvalue weighted by molar-refractivity contribution is 8.13. The molecule has 1 rings (SSSR count). The van der Waals surface area contributed by atoms with E-state index in [0.29, 0.717) is 0 Å². The van der Waals surface area contributed by atoms with E-state index in [0.717, 1.165) is 12.1 Å². The van der Waals surface area contributed by atoms with Gasteiger partial charge in [-0.2, -0.15) is 5.10 Å². The lowest BCUT2D eigenvalue weighted by Gasteiger charge is -2.13. The summed E-state index contributed by atoms with van der Waals surface area (Å²) in [6.45, 7) is 2.08. The van der Waals surface area contributed by atoms with Gasteiger partial charge in [0.05, 0.1) is 10.9 Å². The molecule has 1 unspecified atom stereocenters. The monoisotopic (exact) mass is 198 g/mol. The fourth-order valence-corrected chi connectivity index (χ4v) is 2.03. The van der Waals surface area contributed by atoms with E-state index in [-0.39, 0.29) is 10.4 Å². The van der Waals surface area contributed by atoms with Crippen LogP contribution in [0.25, 0.3) is 0 Å². The Bertz CT molecular complexity index is 294. The number of rotatable bonds is 3. The molecule has 0 amide bonds. The molecule has 5 heteroatoms. The molecule has 0 fully saturated rings. The Kier molecular flexibility index (Phi) is 3.36. The topological polar surface area (TPSA) is 67.7 Å². The largest absolute Gasteiger partial charge is 0.379 e. The summed E-state index contributed by atoms with van der Waals surface area (Å²) in [5.74, 6) is 0. The van der Waals surface area contributed by atoms with Crippen LogP contribution in [0.2, 0.25) is 0 Å². The first-order valence-electron chi connectivity index (χ1n) is 4.13. The molecule has 1 aromatic heterocycles. The van der Waals surface area contributed by atoms with Crippen LogP contribution in [0.5, 0.6) is 0 Å². The molecule has 1 heterocycles. The highest BCUT2D eigenvalue weighted by Gasteiger charge is 2.14. The minimum atomic E-state index is 0.160. The zero-order valence-electron chi connectivity index (χ0n) is 7.82. The van der Waals surface area contributed by atoms with Crippen LogP contribution in [0.4, 0.5) is 0 Å². The second-order valence-corrected chi connectivity index (χ2v) is 4.00. The lowest BCUT2D eigenvalue weighted by atomic mass is 10.2. The molecule has 0 spiro atoms. The van der Waals surface area contributed by atoms with Gasteiger partial charge in [-0.15, -0.1) is 0 Å². The summed E-state index contributed by atoms with van der Waals surface area (Å²) in [6.07, 6.45) is 2.71. The minimum absolute atomic E-state index is 0.160. The first-order valence-corrected chi connectivity index (χ1v) is 5.01. The third-order valence-corrected chi connectivity index (χ3v) is 2.94. The lowest BCUT2D eigenvalue weighted by molar-refractivity contribution is 0.691. The second kappa shape index (κ2) is 4.32. The van der Waals surface area contributed by atoms with Gasteiger partial charge in [0.25, 0.3) is 0 Å². The molecule has 1 aromatic rings. The van der Waals surface area contributed by atoms with Crippen molar-refractivity contribution in [3.05, 3.63) is 18.0 Å². The van der Waals surface area contributed by atoms with Crippen molar-refractivity contribution in [1.29, 1.82) is 5.41 Å². The van der Waals surface area contributed by atoms with Gasteiger partial charge in [0, 0.05) is 13.2 Å². The van der Waals surface area contributed by atoms with Crippen molar-refractivity contribution < 1.29 is 0 Å². The number of nitrogens with two attached hydrogens (primary N) is 1. The number of amidine groups is 1. The number of nitrogens with one attached hydrogen (secondary N) is 1. The Morgan fingerprint density at radius 3 is 2.92 bits per heavy atom. The summed E-state index contributed by atoms with van der Waals surface area (Å²) in [6, 6.07) is 1.96. The van der Waals surface area contributed by atoms with E-state index in [4.69, 9.17) is 11.1 Å². The van der Waals surface area contributed by atoms with Crippen LogP contribution in [0, 0.1) is 5.41 Å². The summed E-state index contributed by atoms with van der Waals surface area (Å²) in [7, 11) is 1.90. The van der Waals surface area contributed by atoms with E-state index in [2.05, 4.69) is 12.0 Å². The quantitative estimate of drug-likeness (QED) is 0.571. The molecule has 0 aliphatic carbocycles. The average molecular weight is 198 g/mol. The van der Waals surface area contributed by atoms with Gasteiger partial charge >= 0.3 is 0 Å². The third-order valence-electron chi connectivity index (χ3n) is 1.83. The Labute approximate surface area is 82.0 Å². The molecule has 3 N–H and O–H groups in total. The van der Waals surface area contributed by atoms with Gasteiger partial charge in [0.15, 0.2) is 5.17 Å². The number of aromatic nitrogens is 2. The predicted octanol–water partition coefficient (Wildman–Crippen LogP) is 1.50. The standard InChI is InChI=1S/C8H14N4S/c1-3-7(13-8(9)10)6-4-5-11-12(6)2/h4-5,7H,3H2,1-2H3,(H3,9,10). The van der Waals surface area contributed by atoms with Crippen LogP contribution in [0.15, 0.2) is 12.3 Å². The van der Waals surface area contributed by atoms with Crippen LogP contribution < -0.4 is 5.73 Å². The Hall–Kier alpha value is -0.970. The molecule has 4 nitrogen and oxygen atoms in total. The molecule has 0 aliphatic rings. The maximum absolute atomic E-state index is 7.21. The molecule has 13 heavy (non-hydrogen) atoms. The molecule has 0 saturated carbocycles. The minimum Gasteiger partial charge on any atom is -0.379 e. The van der Waals surface area contributed by atoms with Crippen LogP contribution in [0.1, 0.15) is 24.3 Å². The first kappa shape index (κ1) is 10.1. The van der Waals surface area contributed by atoms with Gasteiger partial charge < -0.3 is 5.73 Å². The highest BCUT2D eigenvalue weighted by atomic mass is 32.2. The summed E-state index contributed by atoms with van der Waals surface area (Å²) in [5.41, 5.74) is 6.46. The van der Waals surface area contributed by atoms with Crippen molar-refractivity contribution in [2.45, 2.75) is 18.6 Å². The number of aryl methyl sites for hydroxylation is 1. The summed E-state index contributed by atoms with van der Waals surface area (Å²) in [5, 5.41) is 11.7. The van der Waals surface area contributed by atoms with E-state index < -0.39 is 0 Å². The SMILES string of the molecule is CCC(SC(=N)N)c1ccnn1C. The van der Waals surface area contributed by atoms with Crippen LogP contribution >= 0.6 is 11.8 Å². The second-order valence-electron chi connectivity index (χ2n) is 2.76. The molecule has 72 valence electrons. The van der Waals surface area contributed by atoms with Crippen LogP contribution in [0.3, 0.4) is 0 Å². The van der Waals surface area contributed by atoms with Crippen molar-refractivity contribution in [2.75, 3.05) is 0 Å². The average Bonchev–Trinajstić information content (AvgIpc) is 2.47. The number of thioether (sulfide) groups is 1. The van der Waals surface area contributed by atoms with Crippen molar-refractivity contribution in [2.24, 2.45) is 12.8 Å². The Morgan fingerprint density at radius 2 is 2.54 bits per heavy atom. The number of nitrogens with zero attached hydrogens (tertiary/aromatic N) is 2. The molecular weight excluding hydrogens is 184 g/mol. The molecule has 1 atom stereocenters.